The monoisotopic (exact) mass is 460 g/mol. The van der Waals surface area contributed by atoms with Crippen LogP contribution in [0.5, 0.6) is 11.5 Å². The Morgan fingerprint density at radius 2 is 1.69 bits per heavy atom. The third-order valence-electron chi connectivity index (χ3n) is 4.18. The lowest BCUT2D eigenvalue weighted by Gasteiger charge is -2.16. The van der Waals surface area contributed by atoms with E-state index in [4.69, 9.17) is 21.1 Å². The normalized spacial score (nSPS) is 16.0. The van der Waals surface area contributed by atoms with E-state index in [2.05, 4.69) is 4.72 Å². The van der Waals surface area contributed by atoms with Crippen LogP contribution < -0.4 is 18.5 Å². The Hall–Kier alpha value is -2.50. The van der Waals surface area contributed by atoms with E-state index in [-0.39, 0.29) is 45.0 Å². The number of nitrogens with zero attached hydrogens (tertiary/aromatic N) is 1. The molecule has 1 saturated heterocycles. The Kier molecular flexibility index (Phi) is 5.65. The van der Waals surface area contributed by atoms with Crippen molar-refractivity contribution in [1.29, 1.82) is 0 Å². The van der Waals surface area contributed by atoms with Crippen LogP contribution >= 0.6 is 11.6 Å². The maximum atomic E-state index is 12.7. The highest BCUT2D eigenvalue weighted by Gasteiger charge is 2.36. The number of benzene rings is 2. The molecule has 2 aromatic carbocycles. The molecule has 12 heteroatoms. The minimum atomic E-state index is -4.05. The van der Waals surface area contributed by atoms with Gasteiger partial charge in [0.2, 0.25) is 15.9 Å². The van der Waals surface area contributed by atoms with Crippen molar-refractivity contribution in [2.75, 3.05) is 29.0 Å². The molecule has 2 aromatic rings. The summed E-state index contributed by atoms with van der Waals surface area (Å²) in [5, 5.41) is 0.244. The zero-order valence-electron chi connectivity index (χ0n) is 15.4. The average molecular weight is 461 g/mol. The zero-order chi connectivity index (χ0) is 21.4. The predicted octanol–water partition coefficient (Wildman–Crippen LogP) is 2.22. The van der Waals surface area contributed by atoms with Gasteiger partial charge in [0.15, 0.2) is 0 Å². The van der Waals surface area contributed by atoms with Gasteiger partial charge in [0, 0.05) is 18.6 Å². The Balaban J connectivity index is 1.92. The van der Waals surface area contributed by atoms with Crippen molar-refractivity contribution in [3.05, 3.63) is 41.4 Å². The molecule has 0 radical (unpaired) electrons. The quantitative estimate of drug-likeness (QED) is 0.701. The van der Waals surface area contributed by atoms with Gasteiger partial charge in [0.05, 0.1) is 41.3 Å². The van der Waals surface area contributed by atoms with Gasteiger partial charge in [0.1, 0.15) is 11.5 Å². The van der Waals surface area contributed by atoms with Crippen molar-refractivity contribution in [2.24, 2.45) is 0 Å². The molecule has 156 valence electrons. The lowest BCUT2D eigenvalue weighted by molar-refractivity contribution is -0.116. The molecule has 1 fully saturated rings. The minimum absolute atomic E-state index is 0.0807. The second-order valence-corrected chi connectivity index (χ2v) is 10.0. The number of amides is 1. The number of carbonyl (C=O) groups excluding carboxylic acids is 1. The van der Waals surface area contributed by atoms with Gasteiger partial charge in [-0.3, -0.25) is 9.52 Å². The molecule has 9 nitrogen and oxygen atoms in total. The summed E-state index contributed by atoms with van der Waals surface area (Å²) in [4.78, 5) is 11.7. The Morgan fingerprint density at radius 1 is 1.07 bits per heavy atom. The smallest absolute Gasteiger partial charge is 0.262 e. The number of methoxy groups -OCH3 is 2. The van der Waals surface area contributed by atoms with Gasteiger partial charge in [-0.1, -0.05) is 11.6 Å². The van der Waals surface area contributed by atoms with E-state index in [1.807, 2.05) is 0 Å². The van der Waals surface area contributed by atoms with Crippen molar-refractivity contribution in [1.82, 2.24) is 0 Å². The summed E-state index contributed by atoms with van der Waals surface area (Å²) < 4.78 is 62.8. The predicted molar refractivity (Wildman–Crippen MR) is 108 cm³/mol. The van der Waals surface area contributed by atoms with Crippen molar-refractivity contribution < 1.29 is 31.1 Å². The molecule has 29 heavy (non-hydrogen) atoms. The highest BCUT2D eigenvalue weighted by molar-refractivity contribution is 7.94. The fourth-order valence-corrected chi connectivity index (χ4v) is 5.53. The van der Waals surface area contributed by atoms with E-state index in [1.54, 1.807) is 0 Å². The molecule has 1 aliphatic heterocycles. The number of hydrogen-bond acceptors (Lipinski definition) is 7. The number of hydrogen-bond donors (Lipinski definition) is 1. The highest BCUT2D eigenvalue weighted by atomic mass is 35.5. The molecule has 1 N–H and O–H groups in total. The van der Waals surface area contributed by atoms with Crippen molar-refractivity contribution in [2.45, 2.75) is 11.3 Å². The van der Waals surface area contributed by atoms with Gasteiger partial charge >= 0.3 is 0 Å². The van der Waals surface area contributed by atoms with Gasteiger partial charge in [-0.2, -0.15) is 0 Å². The summed E-state index contributed by atoms with van der Waals surface area (Å²) in [7, 11) is -5.03. The molecule has 1 amide bonds. The summed E-state index contributed by atoms with van der Waals surface area (Å²) in [6, 6.07) is 7.72. The van der Waals surface area contributed by atoms with Crippen LogP contribution in [0.15, 0.2) is 41.3 Å². The molecule has 0 saturated carbocycles. The maximum absolute atomic E-state index is 12.7. The molecule has 0 bridgehead atoms. The second-order valence-electron chi connectivity index (χ2n) is 6.01. The zero-order valence-corrected chi connectivity index (χ0v) is 17.8. The lowest BCUT2D eigenvalue weighted by atomic mass is 10.3. The Bertz CT molecular complexity index is 1160. The van der Waals surface area contributed by atoms with Gasteiger partial charge in [-0.05, 0) is 24.3 Å². The fourth-order valence-electron chi connectivity index (χ4n) is 2.77. The topological polar surface area (TPSA) is 119 Å². The van der Waals surface area contributed by atoms with Crippen LogP contribution in [0.3, 0.4) is 0 Å². The van der Waals surface area contributed by atoms with Crippen LogP contribution in [0.2, 0.25) is 5.02 Å². The van der Waals surface area contributed by atoms with Gasteiger partial charge < -0.3 is 9.47 Å². The molecular formula is C17H17ClN2O7S2. The molecule has 0 aromatic heterocycles. The summed E-state index contributed by atoms with van der Waals surface area (Å²) >= 11 is 6.02. The van der Waals surface area contributed by atoms with E-state index in [9.17, 15) is 21.6 Å². The van der Waals surface area contributed by atoms with Gasteiger partial charge in [-0.15, -0.1) is 0 Å². The first-order valence-electron chi connectivity index (χ1n) is 8.19. The van der Waals surface area contributed by atoms with E-state index in [0.29, 0.717) is 4.31 Å². The standard InChI is InChI=1S/C17H17ClN2O7S2/c1-26-15-10-14(16(27-2)9-13(15)18)19-29(24,25)12-5-3-11(4-6-12)20-17(21)7-8-28(20,22)23/h3-6,9-10,19H,7-8H2,1-2H3. The molecule has 0 unspecified atom stereocenters. The van der Waals surface area contributed by atoms with Gasteiger partial charge in [-0.25, -0.2) is 21.1 Å². The SMILES string of the molecule is COc1cc(NS(=O)(=O)c2ccc(N3C(=O)CCS3(=O)=O)cc2)c(OC)cc1Cl. The van der Waals surface area contributed by atoms with Crippen LogP contribution in [-0.4, -0.2) is 42.7 Å². The first kappa shape index (κ1) is 21.2. The van der Waals surface area contributed by atoms with Crippen LogP contribution in [0.1, 0.15) is 6.42 Å². The molecule has 1 heterocycles. The summed E-state index contributed by atoms with van der Waals surface area (Å²) in [5.74, 6) is -0.397. The van der Waals surface area contributed by atoms with Crippen molar-refractivity contribution in [3.8, 4) is 11.5 Å². The van der Waals surface area contributed by atoms with E-state index >= 15 is 0 Å². The summed E-state index contributed by atoms with van der Waals surface area (Å²) in [6.45, 7) is 0. The van der Waals surface area contributed by atoms with Crippen LogP contribution in [0.25, 0.3) is 0 Å². The van der Waals surface area contributed by atoms with E-state index in [1.165, 1.54) is 50.6 Å². The number of sulfonamides is 2. The molecule has 1 aliphatic rings. The maximum Gasteiger partial charge on any atom is 0.262 e. The molecular weight excluding hydrogens is 444 g/mol. The Morgan fingerprint density at radius 3 is 2.21 bits per heavy atom. The molecule has 3 rings (SSSR count). The van der Waals surface area contributed by atoms with Gasteiger partial charge in [0.25, 0.3) is 10.0 Å². The van der Waals surface area contributed by atoms with Crippen LogP contribution in [-0.2, 0) is 24.8 Å². The molecule has 0 aliphatic carbocycles. The number of anilines is 2. The number of nitrogens with one attached hydrogen (secondary N) is 1. The third kappa shape index (κ3) is 4.11. The minimum Gasteiger partial charge on any atom is -0.495 e. The number of carbonyl (C=O) groups is 1. The Labute approximate surface area is 173 Å². The van der Waals surface area contributed by atoms with Crippen molar-refractivity contribution >= 4 is 48.9 Å². The fraction of sp³-hybridized carbons (Fsp3) is 0.235. The second kappa shape index (κ2) is 7.73. The number of rotatable bonds is 6. The van der Waals surface area contributed by atoms with E-state index in [0.717, 1.165) is 0 Å². The third-order valence-corrected chi connectivity index (χ3v) is 7.55. The average Bonchev–Trinajstić information content (AvgIpc) is 2.95. The van der Waals surface area contributed by atoms with E-state index < -0.39 is 26.0 Å². The largest absolute Gasteiger partial charge is 0.495 e. The van der Waals surface area contributed by atoms with Crippen molar-refractivity contribution in [3.63, 3.8) is 0 Å². The summed E-state index contributed by atoms with van der Waals surface area (Å²) in [5.41, 5.74) is 0.187. The molecule has 0 spiro atoms. The molecule has 0 atom stereocenters. The van der Waals surface area contributed by atoms with Crippen LogP contribution in [0, 0.1) is 0 Å². The van der Waals surface area contributed by atoms with Crippen LogP contribution in [0.4, 0.5) is 11.4 Å². The number of halogens is 1. The lowest BCUT2D eigenvalue weighted by Crippen LogP contribution is -2.29. The first-order chi connectivity index (χ1) is 13.6. The highest BCUT2D eigenvalue weighted by Crippen LogP contribution is 2.37. The first-order valence-corrected chi connectivity index (χ1v) is 11.7. The summed E-state index contributed by atoms with van der Waals surface area (Å²) in [6.07, 6.45) is -0.109. The number of ether oxygens (including phenoxy) is 2.